The maximum Gasteiger partial charge on any atom is 0.243 e. The summed E-state index contributed by atoms with van der Waals surface area (Å²) in [5.74, 6) is 0.106. The highest BCUT2D eigenvalue weighted by molar-refractivity contribution is 7.89. The number of benzene rings is 2. The van der Waals surface area contributed by atoms with E-state index in [1.807, 2.05) is 32.0 Å². The summed E-state index contributed by atoms with van der Waals surface area (Å²) in [6.45, 7) is 4.63. The van der Waals surface area contributed by atoms with E-state index < -0.39 is 10.0 Å². The lowest BCUT2D eigenvalue weighted by Gasteiger charge is -2.31. The van der Waals surface area contributed by atoms with Gasteiger partial charge >= 0.3 is 0 Å². The number of rotatable bonds is 6. The molecular weight excluding hydrogens is 388 g/mol. The van der Waals surface area contributed by atoms with Gasteiger partial charge in [0.1, 0.15) is 5.75 Å². The lowest BCUT2D eigenvalue weighted by molar-refractivity contribution is -0.120. The fraction of sp³-hybridized carbons (Fsp3) is 0.409. The predicted octanol–water partition coefficient (Wildman–Crippen LogP) is 3.61. The Labute approximate surface area is 172 Å². The Kier molecular flexibility index (Phi) is 6.59. The maximum atomic E-state index is 13.0. The van der Waals surface area contributed by atoms with Gasteiger partial charge in [-0.3, -0.25) is 4.79 Å². The Morgan fingerprint density at radius 3 is 2.59 bits per heavy atom. The zero-order valence-corrected chi connectivity index (χ0v) is 18.0. The molecule has 1 atom stereocenters. The van der Waals surface area contributed by atoms with Gasteiger partial charge in [0, 0.05) is 18.8 Å². The van der Waals surface area contributed by atoms with Crippen LogP contribution in [-0.4, -0.2) is 38.8 Å². The van der Waals surface area contributed by atoms with Crippen LogP contribution in [0.25, 0.3) is 0 Å². The Morgan fingerprint density at radius 1 is 1.21 bits per heavy atom. The topological polar surface area (TPSA) is 75.7 Å². The average molecular weight is 417 g/mol. The van der Waals surface area contributed by atoms with Crippen molar-refractivity contribution in [1.29, 1.82) is 0 Å². The number of ether oxygens (including phenoxy) is 1. The number of carbonyl (C=O) groups excluding carboxylic acids is 1. The molecule has 2 aromatic rings. The van der Waals surface area contributed by atoms with Crippen molar-refractivity contribution in [2.45, 2.75) is 38.0 Å². The first-order valence-electron chi connectivity index (χ1n) is 9.90. The third-order valence-electron chi connectivity index (χ3n) is 5.44. The van der Waals surface area contributed by atoms with Crippen LogP contribution in [0.3, 0.4) is 0 Å². The van der Waals surface area contributed by atoms with Crippen molar-refractivity contribution in [1.82, 2.24) is 4.31 Å². The highest BCUT2D eigenvalue weighted by Gasteiger charge is 2.33. The summed E-state index contributed by atoms with van der Waals surface area (Å²) in [5.41, 5.74) is 2.93. The molecule has 1 aliphatic rings. The molecule has 1 heterocycles. The lowest BCUT2D eigenvalue weighted by atomic mass is 9.98. The number of carbonyl (C=O) groups is 1. The van der Waals surface area contributed by atoms with Crippen LogP contribution < -0.4 is 10.1 Å². The molecule has 156 valence electrons. The van der Waals surface area contributed by atoms with Crippen LogP contribution in [0.4, 0.5) is 5.69 Å². The molecule has 2 aromatic carbocycles. The molecule has 0 aromatic heterocycles. The molecule has 1 fully saturated rings. The molecule has 3 rings (SSSR count). The zero-order valence-electron chi connectivity index (χ0n) is 17.1. The first-order chi connectivity index (χ1) is 13.9. The number of sulfonamides is 1. The maximum absolute atomic E-state index is 13.0. The van der Waals surface area contributed by atoms with Crippen LogP contribution in [0.2, 0.25) is 0 Å². The van der Waals surface area contributed by atoms with Crippen molar-refractivity contribution < 1.29 is 17.9 Å². The Bertz CT molecular complexity index is 971. The van der Waals surface area contributed by atoms with Gasteiger partial charge in [-0.2, -0.15) is 4.31 Å². The summed E-state index contributed by atoms with van der Waals surface area (Å²) in [6.07, 6.45) is 2.15. The van der Waals surface area contributed by atoms with Crippen molar-refractivity contribution in [2.24, 2.45) is 5.92 Å². The Balaban J connectivity index is 1.75. The van der Waals surface area contributed by atoms with E-state index in [0.717, 1.165) is 23.2 Å². The van der Waals surface area contributed by atoms with E-state index in [0.29, 0.717) is 25.1 Å². The minimum Gasteiger partial charge on any atom is -0.497 e. The van der Waals surface area contributed by atoms with Crippen molar-refractivity contribution >= 4 is 21.6 Å². The summed E-state index contributed by atoms with van der Waals surface area (Å²) in [6, 6.07) is 12.3. The second kappa shape index (κ2) is 8.97. The molecule has 6 nitrogen and oxygen atoms in total. The number of methoxy groups -OCH3 is 1. The number of amides is 1. The molecule has 7 heteroatoms. The molecule has 0 unspecified atom stereocenters. The highest BCUT2D eigenvalue weighted by atomic mass is 32.2. The van der Waals surface area contributed by atoms with Crippen molar-refractivity contribution in [3.05, 3.63) is 53.6 Å². The quantitative estimate of drug-likeness (QED) is 0.781. The number of hydrogen-bond acceptors (Lipinski definition) is 4. The standard InChI is InChI=1S/C22H28N2O4S/c1-4-17-8-5-7-16(2)21(17)23-22(25)18-9-6-14-24(15-18)29(26,27)20-12-10-19(28-3)11-13-20/h5,7-8,10-13,18H,4,6,9,14-15H2,1-3H3,(H,23,25)/t18-/m0/s1. The second-order valence-corrected chi connectivity index (χ2v) is 9.27. The molecule has 1 aliphatic heterocycles. The summed E-state index contributed by atoms with van der Waals surface area (Å²) in [7, 11) is -2.11. The van der Waals surface area contributed by atoms with Gasteiger partial charge in [-0.25, -0.2) is 8.42 Å². The number of anilines is 1. The molecule has 1 saturated heterocycles. The first kappa shape index (κ1) is 21.3. The van der Waals surface area contributed by atoms with Gasteiger partial charge in [0.15, 0.2) is 0 Å². The van der Waals surface area contributed by atoms with Gasteiger partial charge in [-0.1, -0.05) is 25.1 Å². The second-order valence-electron chi connectivity index (χ2n) is 7.33. The Hall–Kier alpha value is -2.38. The van der Waals surface area contributed by atoms with Crippen LogP contribution in [0.15, 0.2) is 47.4 Å². The Morgan fingerprint density at radius 2 is 1.93 bits per heavy atom. The summed E-state index contributed by atoms with van der Waals surface area (Å²) in [4.78, 5) is 13.1. The van der Waals surface area contributed by atoms with Gasteiger partial charge in [0.2, 0.25) is 15.9 Å². The van der Waals surface area contributed by atoms with Crippen molar-refractivity contribution in [3.8, 4) is 5.75 Å². The molecule has 0 bridgehead atoms. The smallest absolute Gasteiger partial charge is 0.243 e. The van der Waals surface area contributed by atoms with E-state index >= 15 is 0 Å². The highest BCUT2D eigenvalue weighted by Crippen LogP contribution is 2.27. The number of nitrogens with one attached hydrogen (secondary N) is 1. The van der Waals surface area contributed by atoms with Crippen molar-refractivity contribution in [3.63, 3.8) is 0 Å². The van der Waals surface area contributed by atoms with E-state index in [1.165, 1.54) is 11.4 Å². The van der Waals surface area contributed by atoms with Crippen LogP contribution >= 0.6 is 0 Å². The largest absolute Gasteiger partial charge is 0.497 e. The zero-order chi connectivity index (χ0) is 21.0. The molecule has 1 N–H and O–H groups in total. The number of piperidine rings is 1. The first-order valence-corrected chi connectivity index (χ1v) is 11.3. The third-order valence-corrected chi connectivity index (χ3v) is 7.32. The molecule has 29 heavy (non-hydrogen) atoms. The van der Waals surface area contributed by atoms with Gasteiger partial charge in [-0.15, -0.1) is 0 Å². The van der Waals surface area contributed by atoms with E-state index in [-0.39, 0.29) is 23.3 Å². The molecule has 1 amide bonds. The molecule has 0 radical (unpaired) electrons. The van der Waals surface area contributed by atoms with Crippen molar-refractivity contribution in [2.75, 3.05) is 25.5 Å². The molecule has 0 spiro atoms. The van der Waals surface area contributed by atoms with E-state index in [1.54, 1.807) is 24.3 Å². The van der Waals surface area contributed by atoms with E-state index in [9.17, 15) is 13.2 Å². The molecule has 0 saturated carbocycles. The normalized spacial score (nSPS) is 17.7. The monoisotopic (exact) mass is 416 g/mol. The number of nitrogens with zero attached hydrogens (tertiary/aromatic N) is 1. The fourth-order valence-corrected chi connectivity index (χ4v) is 5.22. The van der Waals surface area contributed by atoms with Gasteiger partial charge < -0.3 is 10.1 Å². The predicted molar refractivity (Wildman–Crippen MR) is 114 cm³/mol. The van der Waals surface area contributed by atoms with E-state index in [2.05, 4.69) is 5.32 Å². The average Bonchev–Trinajstić information content (AvgIpc) is 2.75. The summed E-state index contributed by atoms with van der Waals surface area (Å²) in [5, 5.41) is 3.05. The van der Waals surface area contributed by atoms with Crippen LogP contribution in [0, 0.1) is 12.8 Å². The van der Waals surface area contributed by atoms with E-state index in [4.69, 9.17) is 4.74 Å². The number of para-hydroxylation sites is 1. The minimum atomic E-state index is -3.65. The van der Waals surface area contributed by atoms with Crippen LogP contribution in [0.1, 0.15) is 30.9 Å². The minimum absolute atomic E-state index is 0.122. The summed E-state index contributed by atoms with van der Waals surface area (Å²) < 4.78 is 32.6. The van der Waals surface area contributed by atoms with Gasteiger partial charge in [0.25, 0.3) is 0 Å². The van der Waals surface area contributed by atoms with Crippen LogP contribution in [-0.2, 0) is 21.2 Å². The number of hydrogen-bond donors (Lipinski definition) is 1. The summed E-state index contributed by atoms with van der Waals surface area (Å²) >= 11 is 0. The fourth-order valence-electron chi connectivity index (χ4n) is 3.70. The lowest BCUT2D eigenvalue weighted by Crippen LogP contribution is -2.43. The molecule has 0 aliphatic carbocycles. The molecular formula is C22H28N2O4S. The third kappa shape index (κ3) is 4.62. The number of aryl methyl sites for hydroxylation is 2. The van der Waals surface area contributed by atoms with Gasteiger partial charge in [-0.05, 0) is 61.6 Å². The van der Waals surface area contributed by atoms with Gasteiger partial charge in [0.05, 0.1) is 17.9 Å². The SMILES string of the molecule is CCc1cccc(C)c1NC(=O)[C@H]1CCCN(S(=O)(=O)c2ccc(OC)cc2)C1. The van der Waals surface area contributed by atoms with Crippen LogP contribution in [0.5, 0.6) is 5.75 Å².